The number of carboxylic acid groups (broad SMARTS) is 1. The maximum atomic E-state index is 11.5. The molecule has 0 aliphatic rings. The van der Waals surface area contributed by atoms with E-state index in [9.17, 15) is 20.0 Å². The zero-order valence-electron chi connectivity index (χ0n) is 11.8. The number of carboxylic acids is 1. The number of carbonyl (C=O) groups is 1. The van der Waals surface area contributed by atoms with Gasteiger partial charge in [0.15, 0.2) is 0 Å². The molecule has 114 valence electrons. The lowest BCUT2D eigenvalue weighted by Gasteiger charge is -2.13. The van der Waals surface area contributed by atoms with Crippen molar-refractivity contribution in [1.29, 1.82) is 0 Å². The van der Waals surface area contributed by atoms with Gasteiger partial charge in [-0.3, -0.25) is 14.9 Å². The Morgan fingerprint density at radius 2 is 1.91 bits per heavy atom. The molecule has 5 nitrogen and oxygen atoms in total. The zero-order valence-corrected chi connectivity index (χ0v) is 12.6. The Morgan fingerprint density at radius 1 is 1.27 bits per heavy atom. The summed E-state index contributed by atoms with van der Waals surface area (Å²) in [6, 6.07) is 11.6. The van der Waals surface area contributed by atoms with E-state index < -0.39 is 16.8 Å². The summed E-state index contributed by atoms with van der Waals surface area (Å²) in [7, 11) is 0. The van der Waals surface area contributed by atoms with Crippen LogP contribution in [-0.4, -0.2) is 16.0 Å². The normalized spacial score (nSPS) is 11.9. The maximum Gasteiger partial charge on any atom is 0.311 e. The van der Waals surface area contributed by atoms with Gasteiger partial charge < -0.3 is 5.11 Å². The molecule has 2 aromatic rings. The van der Waals surface area contributed by atoms with Crippen LogP contribution in [0, 0.1) is 17.0 Å². The van der Waals surface area contributed by atoms with Crippen molar-refractivity contribution < 1.29 is 14.8 Å². The van der Waals surface area contributed by atoms with Crippen molar-refractivity contribution in [2.75, 3.05) is 0 Å². The molecule has 0 aromatic heterocycles. The minimum atomic E-state index is -0.971. The maximum absolute atomic E-state index is 11.5. The highest BCUT2D eigenvalue weighted by Gasteiger charge is 2.22. The highest BCUT2D eigenvalue weighted by Crippen LogP contribution is 2.28. The van der Waals surface area contributed by atoms with Crippen molar-refractivity contribution >= 4 is 23.3 Å². The molecule has 22 heavy (non-hydrogen) atoms. The number of benzene rings is 2. The number of aliphatic carboxylic acids is 1. The molecule has 0 amide bonds. The first kappa shape index (κ1) is 16.0. The van der Waals surface area contributed by atoms with Gasteiger partial charge >= 0.3 is 5.97 Å². The molecule has 6 heteroatoms. The van der Waals surface area contributed by atoms with E-state index in [4.69, 9.17) is 11.6 Å². The fourth-order valence-corrected chi connectivity index (χ4v) is 2.39. The lowest BCUT2D eigenvalue weighted by Crippen LogP contribution is -2.14. The minimum absolute atomic E-state index is 0.0379. The van der Waals surface area contributed by atoms with Crippen LogP contribution < -0.4 is 0 Å². The predicted octanol–water partition coefficient (Wildman–Crippen LogP) is 3.97. The second-order valence-electron chi connectivity index (χ2n) is 5.05. The Balaban J connectivity index is 2.32. The van der Waals surface area contributed by atoms with E-state index >= 15 is 0 Å². The monoisotopic (exact) mass is 319 g/mol. The van der Waals surface area contributed by atoms with Crippen LogP contribution in [-0.2, 0) is 11.2 Å². The Morgan fingerprint density at radius 3 is 2.45 bits per heavy atom. The highest BCUT2D eigenvalue weighted by molar-refractivity contribution is 6.32. The quantitative estimate of drug-likeness (QED) is 0.668. The van der Waals surface area contributed by atoms with Crippen molar-refractivity contribution in [2.24, 2.45) is 0 Å². The van der Waals surface area contributed by atoms with Crippen LogP contribution in [0.25, 0.3) is 0 Å². The molecule has 2 aromatic carbocycles. The largest absolute Gasteiger partial charge is 0.481 e. The van der Waals surface area contributed by atoms with Crippen LogP contribution in [0.5, 0.6) is 0 Å². The van der Waals surface area contributed by atoms with E-state index in [1.54, 1.807) is 18.2 Å². The summed E-state index contributed by atoms with van der Waals surface area (Å²) in [5, 5.41) is 20.4. The SMILES string of the molecule is Cc1ccc(C(Cc2ccc(Cl)c([N+](=O)[O-])c2)C(=O)O)cc1. The van der Waals surface area contributed by atoms with Gasteiger partial charge in [0.1, 0.15) is 5.02 Å². The number of halogens is 1. The van der Waals surface area contributed by atoms with Crippen LogP contribution in [0.2, 0.25) is 5.02 Å². The molecule has 0 aliphatic heterocycles. The number of hydrogen-bond donors (Lipinski definition) is 1. The van der Waals surface area contributed by atoms with E-state index in [2.05, 4.69) is 0 Å². The molecular weight excluding hydrogens is 306 g/mol. The van der Waals surface area contributed by atoms with Gasteiger partial charge in [0, 0.05) is 6.07 Å². The summed E-state index contributed by atoms with van der Waals surface area (Å²) in [4.78, 5) is 21.8. The molecule has 0 heterocycles. The second-order valence-corrected chi connectivity index (χ2v) is 5.46. The topological polar surface area (TPSA) is 80.4 Å². The number of aryl methyl sites for hydroxylation is 1. The highest BCUT2D eigenvalue weighted by atomic mass is 35.5. The van der Waals surface area contributed by atoms with Gasteiger partial charge in [0.25, 0.3) is 5.69 Å². The summed E-state index contributed by atoms with van der Waals surface area (Å²) >= 11 is 5.77. The molecule has 1 N–H and O–H groups in total. The summed E-state index contributed by atoms with van der Waals surface area (Å²) in [5.74, 6) is -1.73. The molecule has 0 radical (unpaired) electrons. The smallest absolute Gasteiger partial charge is 0.311 e. The summed E-state index contributed by atoms with van der Waals surface area (Å²) in [6.45, 7) is 1.92. The molecule has 1 unspecified atom stereocenters. The first-order chi connectivity index (χ1) is 10.4. The number of nitro groups is 1. The number of nitro benzene ring substituents is 1. The minimum Gasteiger partial charge on any atom is -0.481 e. The predicted molar refractivity (Wildman–Crippen MR) is 83.4 cm³/mol. The Labute approximate surface area is 132 Å². The van der Waals surface area contributed by atoms with Crippen LogP contribution in [0.3, 0.4) is 0 Å². The number of hydrogen-bond acceptors (Lipinski definition) is 3. The van der Waals surface area contributed by atoms with E-state index in [-0.39, 0.29) is 17.1 Å². The van der Waals surface area contributed by atoms with Crippen LogP contribution in [0.4, 0.5) is 5.69 Å². The van der Waals surface area contributed by atoms with Gasteiger partial charge in [-0.25, -0.2) is 0 Å². The zero-order chi connectivity index (χ0) is 16.3. The van der Waals surface area contributed by atoms with Gasteiger partial charge in [-0.1, -0.05) is 47.5 Å². The molecule has 2 rings (SSSR count). The third-order valence-electron chi connectivity index (χ3n) is 3.42. The molecule has 0 fully saturated rings. The van der Waals surface area contributed by atoms with Gasteiger partial charge in [-0.15, -0.1) is 0 Å². The lowest BCUT2D eigenvalue weighted by molar-refractivity contribution is -0.384. The van der Waals surface area contributed by atoms with E-state index in [1.807, 2.05) is 19.1 Å². The number of rotatable bonds is 5. The fourth-order valence-electron chi connectivity index (χ4n) is 2.21. The second kappa shape index (κ2) is 6.58. The molecule has 0 saturated carbocycles. The molecular formula is C16H14ClNO4. The van der Waals surface area contributed by atoms with Crippen LogP contribution in [0.15, 0.2) is 42.5 Å². The van der Waals surface area contributed by atoms with Crippen molar-refractivity contribution in [1.82, 2.24) is 0 Å². The van der Waals surface area contributed by atoms with E-state index in [0.29, 0.717) is 11.1 Å². The number of nitrogens with zero attached hydrogens (tertiary/aromatic N) is 1. The Bertz CT molecular complexity index is 713. The average molecular weight is 320 g/mol. The van der Waals surface area contributed by atoms with Gasteiger partial charge in [-0.05, 0) is 30.5 Å². The standard InChI is InChI=1S/C16H14ClNO4/c1-10-2-5-12(6-3-10)13(16(19)20)8-11-4-7-14(17)15(9-11)18(21)22/h2-7,9,13H,8H2,1H3,(H,19,20). The lowest BCUT2D eigenvalue weighted by atomic mass is 9.91. The van der Waals surface area contributed by atoms with Crippen molar-refractivity contribution in [2.45, 2.75) is 19.3 Å². The summed E-state index contributed by atoms with van der Waals surface area (Å²) in [5.41, 5.74) is 2.04. The van der Waals surface area contributed by atoms with Gasteiger partial charge in [-0.2, -0.15) is 0 Å². The van der Waals surface area contributed by atoms with Crippen molar-refractivity contribution in [3.05, 3.63) is 74.3 Å². The van der Waals surface area contributed by atoms with Crippen molar-refractivity contribution in [3.8, 4) is 0 Å². The molecule has 0 spiro atoms. The first-order valence-electron chi connectivity index (χ1n) is 6.60. The van der Waals surface area contributed by atoms with Gasteiger partial charge in [0.2, 0.25) is 0 Å². The van der Waals surface area contributed by atoms with E-state index in [1.165, 1.54) is 12.1 Å². The first-order valence-corrected chi connectivity index (χ1v) is 6.98. The molecule has 0 bridgehead atoms. The van der Waals surface area contributed by atoms with E-state index in [0.717, 1.165) is 5.56 Å². The fraction of sp³-hybridized carbons (Fsp3) is 0.188. The van der Waals surface area contributed by atoms with Crippen molar-refractivity contribution in [3.63, 3.8) is 0 Å². The average Bonchev–Trinajstić information content (AvgIpc) is 2.47. The van der Waals surface area contributed by atoms with Gasteiger partial charge in [0.05, 0.1) is 10.8 Å². The summed E-state index contributed by atoms with van der Waals surface area (Å²) < 4.78 is 0. The van der Waals surface area contributed by atoms with Crippen LogP contribution >= 0.6 is 11.6 Å². The Kier molecular flexibility index (Phi) is 4.78. The molecule has 0 saturated heterocycles. The van der Waals surface area contributed by atoms with Crippen LogP contribution in [0.1, 0.15) is 22.6 Å². The molecule has 0 aliphatic carbocycles. The Hall–Kier alpha value is -2.40. The summed E-state index contributed by atoms with van der Waals surface area (Å²) in [6.07, 6.45) is 0.163. The molecule has 1 atom stereocenters. The third kappa shape index (κ3) is 3.62. The third-order valence-corrected chi connectivity index (χ3v) is 3.74.